The summed E-state index contributed by atoms with van der Waals surface area (Å²) in [6.07, 6.45) is 2.91. The quantitative estimate of drug-likeness (QED) is 0.755. The van der Waals surface area contributed by atoms with Gasteiger partial charge in [0.25, 0.3) is 0 Å². The first-order chi connectivity index (χ1) is 7.29. The Kier molecular flexibility index (Phi) is 4.36. The number of amides is 1. The third-order valence-electron chi connectivity index (χ3n) is 3.34. The second kappa shape index (κ2) is 5.17. The standard InChI is InChI=1S/C13H26N2O/c1-9-7-10(14)5-6-11(9)12(16)15-8-13(2,3)4/h9-11H,5-8,14H2,1-4H3,(H,15,16). The van der Waals surface area contributed by atoms with Gasteiger partial charge in [0.2, 0.25) is 5.91 Å². The van der Waals surface area contributed by atoms with Crippen LogP contribution >= 0.6 is 0 Å². The van der Waals surface area contributed by atoms with E-state index in [1.807, 2.05) is 0 Å². The molecule has 1 rings (SSSR count). The minimum atomic E-state index is 0.157. The molecular weight excluding hydrogens is 200 g/mol. The van der Waals surface area contributed by atoms with Crippen LogP contribution in [0.1, 0.15) is 47.0 Å². The van der Waals surface area contributed by atoms with E-state index in [-0.39, 0.29) is 17.2 Å². The van der Waals surface area contributed by atoms with E-state index in [0.717, 1.165) is 25.8 Å². The van der Waals surface area contributed by atoms with E-state index in [2.05, 4.69) is 33.0 Å². The number of rotatable bonds is 2. The maximum atomic E-state index is 12.0. The molecule has 0 saturated heterocycles. The van der Waals surface area contributed by atoms with Crippen LogP contribution in [-0.4, -0.2) is 18.5 Å². The molecule has 0 aromatic heterocycles. The van der Waals surface area contributed by atoms with Crippen LogP contribution in [-0.2, 0) is 4.79 Å². The number of hydrogen-bond acceptors (Lipinski definition) is 2. The van der Waals surface area contributed by atoms with Crippen LogP contribution in [0.3, 0.4) is 0 Å². The molecule has 1 aliphatic rings. The van der Waals surface area contributed by atoms with Gasteiger partial charge in [-0.25, -0.2) is 0 Å². The summed E-state index contributed by atoms with van der Waals surface area (Å²) >= 11 is 0. The van der Waals surface area contributed by atoms with E-state index >= 15 is 0 Å². The number of nitrogens with two attached hydrogens (primary N) is 1. The molecule has 0 heterocycles. The van der Waals surface area contributed by atoms with Gasteiger partial charge >= 0.3 is 0 Å². The highest BCUT2D eigenvalue weighted by Gasteiger charge is 2.31. The predicted octanol–water partition coefficient (Wildman–Crippen LogP) is 1.91. The van der Waals surface area contributed by atoms with Gasteiger partial charge in [-0.15, -0.1) is 0 Å². The highest BCUT2D eigenvalue weighted by Crippen LogP contribution is 2.29. The van der Waals surface area contributed by atoms with Crippen LogP contribution in [0, 0.1) is 17.3 Å². The summed E-state index contributed by atoms with van der Waals surface area (Å²) in [5.41, 5.74) is 6.06. The molecule has 0 spiro atoms. The minimum Gasteiger partial charge on any atom is -0.355 e. The molecule has 3 nitrogen and oxygen atoms in total. The Morgan fingerprint density at radius 2 is 2.00 bits per heavy atom. The zero-order chi connectivity index (χ0) is 12.3. The molecule has 1 aliphatic carbocycles. The van der Waals surface area contributed by atoms with Crippen LogP contribution in [0.25, 0.3) is 0 Å². The lowest BCUT2D eigenvalue weighted by Gasteiger charge is -2.32. The lowest BCUT2D eigenvalue weighted by Crippen LogP contribution is -2.42. The Hall–Kier alpha value is -0.570. The zero-order valence-electron chi connectivity index (χ0n) is 11.0. The van der Waals surface area contributed by atoms with Crippen LogP contribution in [0.4, 0.5) is 0 Å². The molecule has 94 valence electrons. The number of nitrogens with one attached hydrogen (secondary N) is 1. The van der Waals surface area contributed by atoms with Gasteiger partial charge in [0, 0.05) is 18.5 Å². The van der Waals surface area contributed by atoms with Gasteiger partial charge in [-0.2, -0.15) is 0 Å². The molecular formula is C13H26N2O. The minimum absolute atomic E-state index is 0.157. The highest BCUT2D eigenvalue weighted by atomic mass is 16.1. The molecule has 3 heteroatoms. The number of hydrogen-bond donors (Lipinski definition) is 2. The summed E-state index contributed by atoms with van der Waals surface area (Å²) in [4.78, 5) is 12.0. The molecule has 16 heavy (non-hydrogen) atoms. The molecule has 0 aromatic carbocycles. The topological polar surface area (TPSA) is 55.1 Å². The monoisotopic (exact) mass is 226 g/mol. The summed E-state index contributed by atoms with van der Waals surface area (Å²) < 4.78 is 0. The largest absolute Gasteiger partial charge is 0.355 e. The Bertz CT molecular complexity index is 245. The highest BCUT2D eigenvalue weighted by molar-refractivity contribution is 5.79. The molecule has 1 fully saturated rings. The third-order valence-corrected chi connectivity index (χ3v) is 3.34. The van der Waals surface area contributed by atoms with Crippen LogP contribution in [0.5, 0.6) is 0 Å². The average Bonchev–Trinajstić information content (AvgIpc) is 2.13. The summed E-state index contributed by atoms with van der Waals surface area (Å²) in [6.45, 7) is 9.29. The van der Waals surface area contributed by atoms with Crippen LogP contribution < -0.4 is 11.1 Å². The first-order valence-corrected chi connectivity index (χ1v) is 6.33. The molecule has 0 radical (unpaired) electrons. The SMILES string of the molecule is CC1CC(N)CCC1C(=O)NCC(C)(C)C. The van der Waals surface area contributed by atoms with Crippen molar-refractivity contribution in [3.05, 3.63) is 0 Å². The van der Waals surface area contributed by atoms with Crippen molar-refractivity contribution in [3.8, 4) is 0 Å². The van der Waals surface area contributed by atoms with Crippen molar-refractivity contribution in [2.45, 2.75) is 53.0 Å². The Morgan fingerprint density at radius 1 is 1.38 bits per heavy atom. The maximum Gasteiger partial charge on any atom is 0.223 e. The first-order valence-electron chi connectivity index (χ1n) is 6.33. The van der Waals surface area contributed by atoms with E-state index < -0.39 is 0 Å². The normalized spacial score (nSPS) is 31.2. The third kappa shape index (κ3) is 4.12. The van der Waals surface area contributed by atoms with Gasteiger partial charge in [-0.3, -0.25) is 4.79 Å². The van der Waals surface area contributed by atoms with Crippen molar-refractivity contribution in [3.63, 3.8) is 0 Å². The van der Waals surface area contributed by atoms with E-state index in [4.69, 9.17) is 5.73 Å². The fourth-order valence-corrected chi connectivity index (χ4v) is 2.31. The van der Waals surface area contributed by atoms with Crippen molar-refractivity contribution in [2.75, 3.05) is 6.54 Å². The Morgan fingerprint density at radius 3 is 2.50 bits per heavy atom. The molecule has 1 amide bonds. The number of carbonyl (C=O) groups excluding carboxylic acids is 1. The van der Waals surface area contributed by atoms with Gasteiger partial charge < -0.3 is 11.1 Å². The van der Waals surface area contributed by atoms with Gasteiger partial charge in [0.1, 0.15) is 0 Å². The van der Waals surface area contributed by atoms with Crippen molar-refractivity contribution >= 4 is 5.91 Å². The summed E-state index contributed by atoms with van der Waals surface area (Å²) in [5.74, 6) is 0.806. The lowest BCUT2D eigenvalue weighted by atomic mass is 9.77. The van der Waals surface area contributed by atoms with Crippen LogP contribution in [0.15, 0.2) is 0 Å². The summed E-state index contributed by atoms with van der Waals surface area (Å²) in [6, 6.07) is 0.293. The summed E-state index contributed by atoms with van der Waals surface area (Å²) in [5, 5.41) is 3.06. The fraction of sp³-hybridized carbons (Fsp3) is 0.923. The molecule has 3 unspecified atom stereocenters. The second-order valence-corrected chi connectivity index (χ2v) is 6.44. The second-order valence-electron chi connectivity index (χ2n) is 6.44. The van der Waals surface area contributed by atoms with E-state index in [1.165, 1.54) is 0 Å². The van der Waals surface area contributed by atoms with Crippen molar-refractivity contribution in [2.24, 2.45) is 23.0 Å². The molecule has 0 aliphatic heterocycles. The molecule has 1 saturated carbocycles. The van der Waals surface area contributed by atoms with Crippen molar-refractivity contribution in [1.29, 1.82) is 0 Å². The van der Waals surface area contributed by atoms with E-state index in [9.17, 15) is 4.79 Å². The van der Waals surface area contributed by atoms with Crippen LogP contribution in [0.2, 0.25) is 0 Å². The van der Waals surface area contributed by atoms with E-state index in [0.29, 0.717) is 12.0 Å². The average molecular weight is 226 g/mol. The predicted molar refractivity (Wildman–Crippen MR) is 66.9 cm³/mol. The molecule has 3 N–H and O–H groups in total. The smallest absolute Gasteiger partial charge is 0.223 e. The Balaban J connectivity index is 2.42. The lowest BCUT2D eigenvalue weighted by molar-refractivity contribution is -0.128. The van der Waals surface area contributed by atoms with E-state index in [1.54, 1.807) is 0 Å². The zero-order valence-corrected chi connectivity index (χ0v) is 11.0. The Labute approximate surface area is 99.2 Å². The first kappa shape index (κ1) is 13.5. The fourth-order valence-electron chi connectivity index (χ4n) is 2.31. The molecule has 0 aromatic rings. The summed E-state index contributed by atoms with van der Waals surface area (Å²) in [7, 11) is 0. The van der Waals surface area contributed by atoms with Gasteiger partial charge in [-0.1, -0.05) is 27.7 Å². The van der Waals surface area contributed by atoms with Gasteiger partial charge in [0.05, 0.1) is 0 Å². The molecule has 0 bridgehead atoms. The molecule has 3 atom stereocenters. The van der Waals surface area contributed by atoms with Gasteiger partial charge in [-0.05, 0) is 30.6 Å². The van der Waals surface area contributed by atoms with Crippen molar-refractivity contribution in [1.82, 2.24) is 5.32 Å². The van der Waals surface area contributed by atoms with Gasteiger partial charge in [0.15, 0.2) is 0 Å². The van der Waals surface area contributed by atoms with Crippen molar-refractivity contribution < 1.29 is 4.79 Å². The number of carbonyl (C=O) groups is 1. The maximum absolute atomic E-state index is 12.0.